The van der Waals surface area contributed by atoms with Gasteiger partial charge in [0.05, 0.1) is 11.4 Å². The van der Waals surface area contributed by atoms with Crippen LogP contribution in [0.5, 0.6) is 0 Å². The fourth-order valence-corrected chi connectivity index (χ4v) is 2.68. The van der Waals surface area contributed by atoms with E-state index in [0.717, 1.165) is 43.1 Å². The molecule has 1 aliphatic heterocycles. The molecule has 0 bridgehead atoms. The Hall–Kier alpha value is -2.60. The first-order valence-electron chi connectivity index (χ1n) is 7.73. The third-order valence-electron chi connectivity index (χ3n) is 3.88. The van der Waals surface area contributed by atoms with Gasteiger partial charge in [0.2, 0.25) is 5.91 Å². The summed E-state index contributed by atoms with van der Waals surface area (Å²) < 4.78 is 0. The van der Waals surface area contributed by atoms with Crippen molar-refractivity contribution >= 4 is 23.1 Å². The van der Waals surface area contributed by atoms with Crippen molar-refractivity contribution in [3.8, 4) is 11.1 Å². The molecule has 0 unspecified atom stereocenters. The van der Waals surface area contributed by atoms with Gasteiger partial charge in [0.15, 0.2) is 0 Å². The van der Waals surface area contributed by atoms with Crippen molar-refractivity contribution in [3.63, 3.8) is 0 Å². The highest BCUT2D eigenvalue weighted by Crippen LogP contribution is 2.27. The van der Waals surface area contributed by atoms with Crippen LogP contribution in [0, 0.1) is 0 Å². The van der Waals surface area contributed by atoms with Crippen LogP contribution < -0.4 is 21.3 Å². The lowest BCUT2D eigenvalue weighted by Gasteiger charge is -2.28. The molecule has 1 aliphatic rings. The number of aromatic nitrogens is 1. The van der Waals surface area contributed by atoms with Gasteiger partial charge in [-0.2, -0.15) is 0 Å². The number of nitrogen functional groups attached to an aromatic ring is 1. The molecule has 1 fully saturated rings. The Kier molecular flexibility index (Phi) is 4.43. The maximum Gasteiger partial charge on any atom is 0.221 e. The Morgan fingerprint density at radius 1 is 1.22 bits per heavy atom. The van der Waals surface area contributed by atoms with Crippen molar-refractivity contribution in [2.75, 3.05) is 42.1 Å². The van der Waals surface area contributed by atoms with Crippen molar-refractivity contribution in [2.24, 2.45) is 0 Å². The number of nitrogens with zero attached hydrogens (tertiary/aromatic N) is 2. The third kappa shape index (κ3) is 3.60. The van der Waals surface area contributed by atoms with Gasteiger partial charge in [0.1, 0.15) is 5.82 Å². The second kappa shape index (κ2) is 6.66. The van der Waals surface area contributed by atoms with E-state index in [9.17, 15) is 4.79 Å². The van der Waals surface area contributed by atoms with Crippen molar-refractivity contribution < 1.29 is 4.79 Å². The topological polar surface area (TPSA) is 83.3 Å². The fourth-order valence-electron chi connectivity index (χ4n) is 2.68. The number of carbonyl (C=O) groups is 1. The van der Waals surface area contributed by atoms with E-state index in [-0.39, 0.29) is 5.91 Å². The summed E-state index contributed by atoms with van der Waals surface area (Å²) in [5.41, 5.74) is 9.17. The number of rotatable bonds is 3. The minimum Gasteiger partial charge on any atom is -0.397 e. The van der Waals surface area contributed by atoms with E-state index < -0.39 is 0 Å². The van der Waals surface area contributed by atoms with Crippen LogP contribution >= 0.6 is 0 Å². The lowest BCUT2D eigenvalue weighted by atomic mass is 10.1. The second-order valence-electron chi connectivity index (χ2n) is 5.63. The van der Waals surface area contributed by atoms with Crippen molar-refractivity contribution in [1.29, 1.82) is 0 Å². The molecule has 1 saturated heterocycles. The first-order chi connectivity index (χ1) is 11.1. The highest BCUT2D eigenvalue weighted by molar-refractivity contribution is 5.93. The van der Waals surface area contributed by atoms with Crippen LogP contribution in [0.3, 0.4) is 0 Å². The number of nitrogens with one attached hydrogen (secondary N) is 2. The summed E-state index contributed by atoms with van der Waals surface area (Å²) in [6.45, 7) is 5.40. The van der Waals surface area contributed by atoms with Gasteiger partial charge in [-0.1, -0.05) is 6.07 Å². The van der Waals surface area contributed by atoms with E-state index in [2.05, 4.69) is 26.6 Å². The molecule has 3 rings (SSSR count). The summed E-state index contributed by atoms with van der Waals surface area (Å²) in [5, 5.41) is 6.05. The quantitative estimate of drug-likeness (QED) is 0.752. The standard InChI is InChI=1S/C17H21N5O/c1-12(23)21-16-4-2-13(10-15(16)18)14-3-5-17(20-11-14)22-8-6-19-7-9-22/h2-5,10-11,19H,6-9,18H2,1H3,(H,21,23). The zero-order valence-corrected chi connectivity index (χ0v) is 13.2. The van der Waals surface area contributed by atoms with E-state index in [4.69, 9.17) is 5.73 Å². The molecule has 6 heteroatoms. The molecule has 4 N–H and O–H groups in total. The van der Waals surface area contributed by atoms with E-state index in [1.165, 1.54) is 6.92 Å². The molecule has 0 spiro atoms. The molecular weight excluding hydrogens is 290 g/mol. The predicted molar refractivity (Wildman–Crippen MR) is 93.5 cm³/mol. The molecule has 2 aromatic rings. The molecule has 0 saturated carbocycles. The van der Waals surface area contributed by atoms with Crippen LogP contribution in [-0.2, 0) is 4.79 Å². The van der Waals surface area contributed by atoms with E-state index >= 15 is 0 Å². The van der Waals surface area contributed by atoms with Crippen molar-refractivity contribution in [2.45, 2.75) is 6.92 Å². The highest BCUT2D eigenvalue weighted by Gasteiger charge is 2.11. The summed E-state index contributed by atoms with van der Waals surface area (Å²) in [5.74, 6) is 0.865. The summed E-state index contributed by atoms with van der Waals surface area (Å²) in [7, 11) is 0. The summed E-state index contributed by atoms with van der Waals surface area (Å²) in [4.78, 5) is 18.0. The summed E-state index contributed by atoms with van der Waals surface area (Å²) >= 11 is 0. The van der Waals surface area contributed by atoms with Crippen molar-refractivity contribution in [3.05, 3.63) is 36.5 Å². The Balaban J connectivity index is 1.79. The van der Waals surface area contributed by atoms with Crippen LogP contribution in [0.15, 0.2) is 36.5 Å². The van der Waals surface area contributed by atoms with Gasteiger partial charge in [-0.25, -0.2) is 4.98 Å². The number of pyridine rings is 1. The smallest absolute Gasteiger partial charge is 0.221 e. The monoisotopic (exact) mass is 311 g/mol. The second-order valence-corrected chi connectivity index (χ2v) is 5.63. The molecule has 2 heterocycles. The Morgan fingerprint density at radius 2 is 1.96 bits per heavy atom. The molecule has 0 radical (unpaired) electrons. The molecule has 0 aliphatic carbocycles. The Bertz CT molecular complexity index is 693. The lowest BCUT2D eigenvalue weighted by Crippen LogP contribution is -2.43. The minimum atomic E-state index is -0.133. The molecule has 6 nitrogen and oxygen atoms in total. The van der Waals surface area contributed by atoms with Crippen LogP contribution in [0.25, 0.3) is 11.1 Å². The van der Waals surface area contributed by atoms with Gasteiger partial charge in [0.25, 0.3) is 0 Å². The molecular formula is C17H21N5O. The number of hydrogen-bond acceptors (Lipinski definition) is 5. The zero-order valence-electron chi connectivity index (χ0n) is 13.2. The van der Waals surface area contributed by atoms with Crippen LogP contribution in [-0.4, -0.2) is 37.1 Å². The lowest BCUT2D eigenvalue weighted by molar-refractivity contribution is -0.114. The first-order valence-corrected chi connectivity index (χ1v) is 7.73. The van der Waals surface area contributed by atoms with Gasteiger partial charge in [-0.05, 0) is 29.8 Å². The average molecular weight is 311 g/mol. The number of benzene rings is 1. The molecule has 1 aromatic heterocycles. The van der Waals surface area contributed by atoms with Gasteiger partial charge in [0, 0.05) is 44.9 Å². The fraction of sp³-hybridized carbons (Fsp3) is 0.294. The first kappa shape index (κ1) is 15.3. The Morgan fingerprint density at radius 3 is 2.57 bits per heavy atom. The predicted octanol–water partition coefficient (Wildman–Crippen LogP) is 1.70. The number of hydrogen-bond donors (Lipinski definition) is 3. The average Bonchev–Trinajstić information content (AvgIpc) is 2.57. The van der Waals surface area contributed by atoms with Gasteiger partial charge in [-0.3, -0.25) is 4.79 Å². The van der Waals surface area contributed by atoms with Crippen molar-refractivity contribution in [1.82, 2.24) is 10.3 Å². The number of piperazine rings is 1. The molecule has 23 heavy (non-hydrogen) atoms. The Labute approximate surface area is 135 Å². The minimum absolute atomic E-state index is 0.133. The molecule has 1 aromatic carbocycles. The SMILES string of the molecule is CC(=O)Nc1ccc(-c2ccc(N3CCNCC3)nc2)cc1N. The highest BCUT2D eigenvalue weighted by atomic mass is 16.1. The third-order valence-corrected chi connectivity index (χ3v) is 3.88. The number of carbonyl (C=O) groups excluding carboxylic acids is 1. The molecule has 1 amide bonds. The van der Waals surface area contributed by atoms with Crippen LogP contribution in [0.1, 0.15) is 6.92 Å². The maximum atomic E-state index is 11.1. The molecule has 0 atom stereocenters. The van der Waals surface area contributed by atoms with E-state index in [0.29, 0.717) is 11.4 Å². The number of anilines is 3. The van der Waals surface area contributed by atoms with Gasteiger partial charge < -0.3 is 21.3 Å². The maximum absolute atomic E-state index is 11.1. The van der Waals surface area contributed by atoms with E-state index in [1.54, 1.807) is 0 Å². The van der Waals surface area contributed by atoms with Crippen LogP contribution in [0.4, 0.5) is 17.2 Å². The van der Waals surface area contributed by atoms with Gasteiger partial charge >= 0.3 is 0 Å². The zero-order chi connectivity index (χ0) is 16.2. The largest absolute Gasteiger partial charge is 0.397 e. The van der Waals surface area contributed by atoms with E-state index in [1.807, 2.05) is 30.5 Å². The molecule has 120 valence electrons. The summed E-state index contributed by atoms with van der Waals surface area (Å²) in [6, 6.07) is 9.70. The van der Waals surface area contributed by atoms with Gasteiger partial charge in [-0.15, -0.1) is 0 Å². The number of amides is 1. The normalized spacial score (nSPS) is 14.6. The summed E-state index contributed by atoms with van der Waals surface area (Å²) in [6.07, 6.45) is 1.87. The number of nitrogens with two attached hydrogens (primary N) is 1. The van der Waals surface area contributed by atoms with Crippen LogP contribution in [0.2, 0.25) is 0 Å².